The van der Waals surface area contributed by atoms with Crippen molar-refractivity contribution in [2.24, 2.45) is 5.84 Å². The van der Waals surface area contributed by atoms with Crippen LogP contribution in [0.15, 0.2) is 84.9 Å². The average molecular weight is 360 g/mol. The van der Waals surface area contributed by atoms with Crippen LogP contribution in [-0.4, -0.2) is 22.6 Å². The molecule has 27 heavy (non-hydrogen) atoms. The third-order valence-corrected chi connectivity index (χ3v) is 4.84. The van der Waals surface area contributed by atoms with E-state index in [4.69, 9.17) is 5.84 Å². The molecule has 0 atom stereocenters. The lowest BCUT2D eigenvalue weighted by atomic mass is 9.85. The second kappa shape index (κ2) is 8.16. The van der Waals surface area contributed by atoms with Gasteiger partial charge in [-0.3, -0.25) is 9.80 Å². The summed E-state index contributed by atoms with van der Waals surface area (Å²) in [5.41, 5.74) is 1.44. The molecule has 138 valence electrons. The quantitative estimate of drug-likeness (QED) is 0.403. The molecule has 4 heteroatoms. The number of aliphatic hydroxyl groups is 1. The molecule has 0 saturated carbocycles. The molecule has 0 radical (unpaired) electrons. The number of rotatable bonds is 6. The Labute approximate surface area is 159 Å². The van der Waals surface area contributed by atoms with Crippen molar-refractivity contribution < 1.29 is 9.90 Å². The highest BCUT2D eigenvalue weighted by Gasteiger charge is 2.42. The molecule has 3 aromatic carbocycles. The minimum absolute atomic E-state index is 0.311. The zero-order chi connectivity index (χ0) is 19.3. The zero-order valence-corrected chi connectivity index (χ0v) is 15.4. The zero-order valence-electron chi connectivity index (χ0n) is 15.4. The molecule has 0 unspecified atom stereocenters. The first-order valence-electron chi connectivity index (χ1n) is 8.98. The molecule has 4 nitrogen and oxygen atoms in total. The summed E-state index contributed by atoms with van der Waals surface area (Å²) in [6.45, 7) is 2.34. The van der Waals surface area contributed by atoms with Crippen molar-refractivity contribution in [1.82, 2.24) is 5.01 Å². The van der Waals surface area contributed by atoms with Crippen LogP contribution in [0.3, 0.4) is 0 Å². The van der Waals surface area contributed by atoms with Gasteiger partial charge in [-0.15, -0.1) is 0 Å². The smallest absolute Gasteiger partial charge is 0.277 e. The first kappa shape index (κ1) is 18.8. The number of benzene rings is 3. The number of hydrogen-bond acceptors (Lipinski definition) is 3. The summed E-state index contributed by atoms with van der Waals surface area (Å²) in [7, 11) is 0. The summed E-state index contributed by atoms with van der Waals surface area (Å²) in [6, 6.07) is 25.8. The minimum atomic E-state index is -1.83. The highest BCUT2D eigenvalue weighted by molar-refractivity contribution is 5.89. The van der Waals surface area contributed by atoms with E-state index in [2.05, 4.69) is 0 Å². The van der Waals surface area contributed by atoms with Crippen LogP contribution in [0.4, 0.5) is 0 Å². The van der Waals surface area contributed by atoms with E-state index in [1.54, 1.807) is 48.5 Å². The fraction of sp³-hybridized carbons (Fsp3) is 0.174. The summed E-state index contributed by atoms with van der Waals surface area (Å²) >= 11 is 0. The highest BCUT2D eigenvalue weighted by atomic mass is 16.3. The largest absolute Gasteiger partial charge is 0.372 e. The van der Waals surface area contributed by atoms with E-state index < -0.39 is 11.5 Å². The number of hydrazine groups is 1. The van der Waals surface area contributed by atoms with Gasteiger partial charge < -0.3 is 5.11 Å². The monoisotopic (exact) mass is 360 g/mol. The molecular weight excluding hydrogens is 336 g/mol. The lowest BCUT2D eigenvalue weighted by Gasteiger charge is -2.32. The minimum Gasteiger partial charge on any atom is -0.372 e. The van der Waals surface area contributed by atoms with Gasteiger partial charge in [0.05, 0.1) is 0 Å². The number of nitrogens with zero attached hydrogens (tertiary/aromatic N) is 1. The summed E-state index contributed by atoms with van der Waals surface area (Å²) in [4.78, 5) is 13.2. The van der Waals surface area contributed by atoms with E-state index in [0.29, 0.717) is 24.1 Å². The number of aryl methyl sites for hydroxylation is 1. The number of amides is 1. The third kappa shape index (κ3) is 3.92. The number of carbonyl (C=O) groups excluding carboxylic acids is 1. The van der Waals surface area contributed by atoms with E-state index in [1.165, 1.54) is 0 Å². The average Bonchev–Trinajstić information content (AvgIpc) is 2.73. The maximum Gasteiger partial charge on any atom is 0.277 e. The van der Waals surface area contributed by atoms with Gasteiger partial charge in [0.2, 0.25) is 0 Å². The standard InChI is InChI=1S/C23H24N2O2/c1-18-10-8-9-11-19(18)16-17-25(24)22(26)23(27,20-12-4-2-5-13-20)21-14-6-3-7-15-21/h2-15,27H,16-17,24H2,1H3. The van der Waals surface area contributed by atoms with E-state index in [1.807, 2.05) is 43.3 Å². The van der Waals surface area contributed by atoms with Crippen LogP contribution in [0, 0.1) is 6.92 Å². The second-order valence-corrected chi connectivity index (χ2v) is 6.62. The van der Waals surface area contributed by atoms with Gasteiger partial charge in [0.25, 0.3) is 5.91 Å². The molecule has 0 spiro atoms. The molecule has 0 fully saturated rings. The predicted molar refractivity (Wildman–Crippen MR) is 107 cm³/mol. The van der Waals surface area contributed by atoms with Gasteiger partial charge in [-0.05, 0) is 35.6 Å². The van der Waals surface area contributed by atoms with Crippen molar-refractivity contribution in [3.63, 3.8) is 0 Å². The van der Waals surface area contributed by atoms with E-state index >= 15 is 0 Å². The number of hydrogen-bond donors (Lipinski definition) is 2. The van der Waals surface area contributed by atoms with Gasteiger partial charge in [0.1, 0.15) is 0 Å². The van der Waals surface area contributed by atoms with Gasteiger partial charge in [-0.1, -0.05) is 84.9 Å². The number of carbonyl (C=O) groups is 1. The van der Waals surface area contributed by atoms with Crippen molar-refractivity contribution in [2.45, 2.75) is 18.9 Å². The van der Waals surface area contributed by atoms with Gasteiger partial charge in [0, 0.05) is 6.54 Å². The molecule has 3 rings (SSSR count). The fourth-order valence-corrected chi connectivity index (χ4v) is 3.21. The number of nitrogens with two attached hydrogens (primary N) is 1. The van der Waals surface area contributed by atoms with Crippen molar-refractivity contribution >= 4 is 5.91 Å². The molecule has 0 aliphatic heterocycles. The Morgan fingerprint density at radius 3 is 1.89 bits per heavy atom. The van der Waals surface area contributed by atoms with Gasteiger partial charge in [0.15, 0.2) is 5.60 Å². The van der Waals surface area contributed by atoms with Crippen molar-refractivity contribution in [2.75, 3.05) is 6.54 Å². The predicted octanol–water partition coefficient (Wildman–Crippen LogP) is 3.18. The molecule has 0 aliphatic carbocycles. The van der Waals surface area contributed by atoms with Crippen molar-refractivity contribution in [1.29, 1.82) is 0 Å². The van der Waals surface area contributed by atoms with Crippen LogP contribution in [0.25, 0.3) is 0 Å². The molecule has 1 amide bonds. The van der Waals surface area contributed by atoms with Crippen LogP contribution in [0.5, 0.6) is 0 Å². The molecule has 0 saturated heterocycles. The normalized spacial score (nSPS) is 11.2. The summed E-state index contributed by atoms with van der Waals surface area (Å²) in [6.07, 6.45) is 0.620. The van der Waals surface area contributed by atoms with Crippen LogP contribution in [0.1, 0.15) is 22.3 Å². The lowest BCUT2D eigenvalue weighted by Crippen LogP contribution is -2.51. The van der Waals surface area contributed by atoms with E-state index in [-0.39, 0.29) is 0 Å². The molecule has 0 aromatic heterocycles. The maximum atomic E-state index is 13.2. The van der Waals surface area contributed by atoms with Gasteiger partial charge >= 0.3 is 0 Å². The van der Waals surface area contributed by atoms with Crippen molar-refractivity contribution in [3.8, 4) is 0 Å². The van der Waals surface area contributed by atoms with Crippen LogP contribution < -0.4 is 5.84 Å². The lowest BCUT2D eigenvalue weighted by molar-refractivity contribution is -0.148. The molecule has 3 N–H and O–H groups in total. The summed E-state index contributed by atoms with van der Waals surface area (Å²) < 4.78 is 0. The Hall–Kier alpha value is -2.95. The molecule has 0 aliphatic rings. The third-order valence-electron chi connectivity index (χ3n) is 4.84. The molecule has 0 bridgehead atoms. The first-order chi connectivity index (χ1) is 13.0. The second-order valence-electron chi connectivity index (χ2n) is 6.62. The topological polar surface area (TPSA) is 66.6 Å². The van der Waals surface area contributed by atoms with Gasteiger partial charge in [-0.2, -0.15) is 0 Å². The van der Waals surface area contributed by atoms with Gasteiger partial charge in [-0.25, -0.2) is 5.84 Å². The highest BCUT2D eigenvalue weighted by Crippen LogP contribution is 2.31. The Kier molecular flexibility index (Phi) is 5.69. The van der Waals surface area contributed by atoms with Crippen molar-refractivity contribution in [3.05, 3.63) is 107 Å². The molecular formula is C23H24N2O2. The van der Waals surface area contributed by atoms with E-state index in [9.17, 15) is 9.90 Å². The Morgan fingerprint density at radius 2 is 1.37 bits per heavy atom. The fourth-order valence-electron chi connectivity index (χ4n) is 3.21. The Bertz CT molecular complexity index is 855. The Balaban J connectivity index is 1.88. The van der Waals surface area contributed by atoms with Crippen LogP contribution in [0.2, 0.25) is 0 Å². The van der Waals surface area contributed by atoms with Crippen LogP contribution >= 0.6 is 0 Å². The SMILES string of the molecule is Cc1ccccc1CCN(N)C(=O)C(O)(c1ccccc1)c1ccccc1. The first-order valence-corrected chi connectivity index (χ1v) is 8.98. The Morgan fingerprint density at radius 1 is 0.889 bits per heavy atom. The van der Waals surface area contributed by atoms with E-state index in [0.717, 1.165) is 16.1 Å². The summed E-state index contributed by atoms with van der Waals surface area (Å²) in [5.74, 6) is 5.55. The molecule has 0 heterocycles. The molecule has 3 aromatic rings. The van der Waals surface area contributed by atoms with Crippen LogP contribution in [-0.2, 0) is 16.8 Å². The maximum absolute atomic E-state index is 13.2. The summed E-state index contributed by atoms with van der Waals surface area (Å²) in [5, 5.41) is 12.6.